The van der Waals surface area contributed by atoms with Crippen molar-refractivity contribution in [3.8, 4) is 0 Å². The molecule has 0 saturated carbocycles. The minimum atomic E-state index is -3.29. The number of nitrogens with one attached hydrogen (secondary N) is 2. The van der Waals surface area contributed by atoms with Gasteiger partial charge in [-0.3, -0.25) is 4.79 Å². The summed E-state index contributed by atoms with van der Waals surface area (Å²) in [6.07, 6.45) is 1.42. The molecule has 2 rings (SSSR count). The summed E-state index contributed by atoms with van der Waals surface area (Å²) in [5, 5.41) is 2.68. The van der Waals surface area contributed by atoms with E-state index in [1.807, 2.05) is 0 Å². The van der Waals surface area contributed by atoms with Crippen molar-refractivity contribution < 1.29 is 17.6 Å². The monoisotopic (exact) mass is 372 g/mol. The number of anilines is 1. The molecule has 0 saturated heterocycles. The zero-order chi connectivity index (χ0) is 15.3. The molecule has 0 aliphatic heterocycles. The Bertz CT molecular complexity index is 696. The standard InChI is InChI=1S/C13H13BrN2O4S/c14-9-21(18,19)15-8-10-3-5-11(6-4-10)16-13(17)12-2-1-7-20-12/h1-7,15H,8-9H2,(H,16,17). The molecule has 0 radical (unpaired) electrons. The van der Waals surface area contributed by atoms with Crippen molar-refractivity contribution in [3.05, 3.63) is 54.0 Å². The maximum Gasteiger partial charge on any atom is 0.291 e. The van der Waals surface area contributed by atoms with Crippen molar-refractivity contribution >= 4 is 37.5 Å². The van der Waals surface area contributed by atoms with Crippen LogP contribution in [0, 0.1) is 0 Å². The number of halogens is 1. The molecule has 0 aliphatic carbocycles. The number of carbonyl (C=O) groups is 1. The number of sulfonamides is 1. The van der Waals surface area contributed by atoms with Crippen molar-refractivity contribution in [2.45, 2.75) is 6.54 Å². The number of furan rings is 1. The molecule has 2 N–H and O–H groups in total. The van der Waals surface area contributed by atoms with E-state index in [1.165, 1.54) is 6.26 Å². The second-order valence-electron chi connectivity index (χ2n) is 4.17. The largest absolute Gasteiger partial charge is 0.459 e. The van der Waals surface area contributed by atoms with Crippen LogP contribution in [-0.2, 0) is 16.6 Å². The number of alkyl halides is 1. The molecule has 1 heterocycles. The van der Waals surface area contributed by atoms with Gasteiger partial charge in [0.2, 0.25) is 10.0 Å². The Balaban J connectivity index is 1.95. The average molecular weight is 373 g/mol. The molecule has 0 aliphatic rings. The molecule has 0 fully saturated rings. The van der Waals surface area contributed by atoms with Crippen LogP contribution in [0.15, 0.2) is 47.1 Å². The molecule has 112 valence electrons. The van der Waals surface area contributed by atoms with Gasteiger partial charge in [-0.2, -0.15) is 0 Å². The van der Waals surface area contributed by atoms with Gasteiger partial charge in [0.1, 0.15) is 4.66 Å². The predicted molar refractivity (Wildman–Crippen MR) is 82.7 cm³/mol. The Labute approximate surface area is 130 Å². The second kappa shape index (κ2) is 6.88. The fourth-order valence-electron chi connectivity index (χ4n) is 1.54. The highest BCUT2D eigenvalue weighted by molar-refractivity contribution is 9.10. The summed E-state index contributed by atoms with van der Waals surface area (Å²) >= 11 is 2.90. The van der Waals surface area contributed by atoms with Crippen molar-refractivity contribution in [1.29, 1.82) is 0 Å². The smallest absolute Gasteiger partial charge is 0.291 e. The van der Waals surface area contributed by atoms with Gasteiger partial charge < -0.3 is 9.73 Å². The maximum atomic E-state index is 11.8. The highest BCUT2D eigenvalue weighted by Gasteiger charge is 2.09. The lowest BCUT2D eigenvalue weighted by Gasteiger charge is -2.06. The molecule has 6 nitrogen and oxygen atoms in total. The summed E-state index contributed by atoms with van der Waals surface area (Å²) in [6, 6.07) is 10.0. The van der Waals surface area contributed by atoms with E-state index in [9.17, 15) is 13.2 Å². The number of amides is 1. The summed E-state index contributed by atoms with van der Waals surface area (Å²) in [5.74, 6) is -0.114. The summed E-state index contributed by atoms with van der Waals surface area (Å²) in [5.41, 5.74) is 1.39. The van der Waals surface area contributed by atoms with Crippen LogP contribution in [0.3, 0.4) is 0 Å². The van der Waals surface area contributed by atoms with Crippen LogP contribution in [0.1, 0.15) is 16.1 Å². The highest BCUT2D eigenvalue weighted by Crippen LogP contribution is 2.12. The molecule has 0 spiro atoms. The summed E-state index contributed by atoms with van der Waals surface area (Å²) in [4.78, 5) is 11.8. The Morgan fingerprint density at radius 2 is 1.90 bits per heavy atom. The van der Waals surface area contributed by atoms with E-state index in [-0.39, 0.29) is 22.9 Å². The molecule has 0 bridgehead atoms. The first-order chi connectivity index (χ1) is 10.00. The molecule has 1 aromatic heterocycles. The lowest BCUT2D eigenvalue weighted by atomic mass is 10.2. The quantitative estimate of drug-likeness (QED) is 0.761. The van der Waals surface area contributed by atoms with E-state index in [4.69, 9.17) is 4.42 Å². The fraction of sp³-hybridized carbons (Fsp3) is 0.154. The van der Waals surface area contributed by atoms with Crippen LogP contribution >= 0.6 is 15.9 Å². The third-order valence-electron chi connectivity index (χ3n) is 2.60. The molecule has 0 atom stereocenters. The molecular weight excluding hydrogens is 360 g/mol. The Morgan fingerprint density at radius 3 is 2.48 bits per heavy atom. The number of hydrogen-bond donors (Lipinski definition) is 2. The van der Waals surface area contributed by atoms with Crippen LogP contribution in [0.4, 0.5) is 5.69 Å². The first kappa shape index (κ1) is 15.7. The lowest BCUT2D eigenvalue weighted by molar-refractivity contribution is 0.0996. The van der Waals surface area contributed by atoms with Crippen LogP contribution in [0.25, 0.3) is 0 Å². The van der Waals surface area contributed by atoms with Gasteiger partial charge in [0.05, 0.1) is 6.26 Å². The Morgan fingerprint density at radius 1 is 1.19 bits per heavy atom. The topological polar surface area (TPSA) is 88.4 Å². The van der Waals surface area contributed by atoms with Crippen LogP contribution < -0.4 is 10.0 Å². The van der Waals surface area contributed by atoms with E-state index >= 15 is 0 Å². The zero-order valence-electron chi connectivity index (χ0n) is 10.9. The Kier molecular flexibility index (Phi) is 5.16. The van der Waals surface area contributed by atoms with Crippen molar-refractivity contribution in [2.75, 3.05) is 9.98 Å². The number of hydrogen-bond acceptors (Lipinski definition) is 4. The Hall–Kier alpha value is -1.64. The molecule has 1 amide bonds. The van der Waals surface area contributed by atoms with Crippen molar-refractivity contribution in [2.24, 2.45) is 0 Å². The van der Waals surface area contributed by atoms with E-state index in [0.29, 0.717) is 5.69 Å². The number of benzene rings is 1. The zero-order valence-corrected chi connectivity index (χ0v) is 13.3. The van der Waals surface area contributed by atoms with E-state index in [2.05, 4.69) is 26.0 Å². The summed E-state index contributed by atoms with van der Waals surface area (Å²) in [6.45, 7) is 0.195. The van der Waals surface area contributed by atoms with E-state index < -0.39 is 10.0 Å². The van der Waals surface area contributed by atoms with Gasteiger partial charge in [0, 0.05) is 12.2 Å². The lowest BCUT2D eigenvalue weighted by Crippen LogP contribution is -2.23. The highest BCUT2D eigenvalue weighted by atomic mass is 79.9. The maximum absolute atomic E-state index is 11.8. The fourth-order valence-corrected chi connectivity index (χ4v) is 2.49. The van der Waals surface area contributed by atoms with Gasteiger partial charge in [0.15, 0.2) is 5.76 Å². The van der Waals surface area contributed by atoms with Crippen LogP contribution in [0.2, 0.25) is 0 Å². The van der Waals surface area contributed by atoms with Gasteiger partial charge in [-0.25, -0.2) is 13.1 Å². The number of rotatable bonds is 6. The van der Waals surface area contributed by atoms with Crippen LogP contribution in [-0.4, -0.2) is 19.0 Å². The van der Waals surface area contributed by atoms with Crippen molar-refractivity contribution in [1.82, 2.24) is 4.72 Å². The number of carbonyl (C=O) groups excluding carboxylic acids is 1. The molecule has 21 heavy (non-hydrogen) atoms. The van der Waals surface area contributed by atoms with E-state index in [1.54, 1.807) is 36.4 Å². The molecule has 2 aromatic rings. The van der Waals surface area contributed by atoms with Gasteiger partial charge >= 0.3 is 0 Å². The third kappa shape index (κ3) is 4.69. The molecule has 0 unspecified atom stereocenters. The second-order valence-corrected chi connectivity index (χ2v) is 7.28. The first-order valence-corrected chi connectivity index (χ1v) is 8.74. The molecule has 8 heteroatoms. The summed E-state index contributed by atoms with van der Waals surface area (Å²) in [7, 11) is -3.29. The molecule has 1 aromatic carbocycles. The van der Waals surface area contributed by atoms with E-state index in [0.717, 1.165) is 5.56 Å². The van der Waals surface area contributed by atoms with Gasteiger partial charge in [0.25, 0.3) is 5.91 Å². The normalized spacial score (nSPS) is 11.3. The van der Waals surface area contributed by atoms with Gasteiger partial charge in [-0.15, -0.1) is 0 Å². The van der Waals surface area contributed by atoms with Gasteiger partial charge in [-0.1, -0.05) is 28.1 Å². The minimum absolute atomic E-state index is 0.142. The van der Waals surface area contributed by atoms with Gasteiger partial charge in [-0.05, 0) is 29.8 Å². The van der Waals surface area contributed by atoms with Crippen molar-refractivity contribution in [3.63, 3.8) is 0 Å². The first-order valence-electron chi connectivity index (χ1n) is 5.97. The summed E-state index contributed by atoms with van der Waals surface area (Å²) < 4.78 is 29.9. The third-order valence-corrected chi connectivity index (χ3v) is 5.28. The molecular formula is C13H13BrN2O4S. The van der Waals surface area contributed by atoms with Crippen LogP contribution in [0.5, 0.6) is 0 Å². The SMILES string of the molecule is O=C(Nc1ccc(CNS(=O)(=O)CBr)cc1)c1ccco1. The predicted octanol–water partition coefficient (Wildman–Crippen LogP) is 2.30. The minimum Gasteiger partial charge on any atom is -0.459 e. The average Bonchev–Trinajstić information content (AvgIpc) is 3.01.